The van der Waals surface area contributed by atoms with E-state index in [0.29, 0.717) is 31.3 Å². The van der Waals surface area contributed by atoms with E-state index in [4.69, 9.17) is 9.47 Å². The zero-order valence-electron chi connectivity index (χ0n) is 14.8. The molecular weight excluding hydrogens is 361 g/mol. The van der Waals surface area contributed by atoms with Crippen molar-refractivity contribution >= 4 is 17.3 Å². The zero-order chi connectivity index (χ0) is 19.7. The highest BCUT2D eigenvalue weighted by Crippen LogP contribution is 2.30. The molecule has 0 spiro atoms. The second-order valence-electron chi connectivity index (χ2n) is 5.55. The molecule has 1 amide bonds. The van der Waals surface area contributed by atoms with Crippen LogP contribution in [-0.4, -0.2) is 32.3 Å². The largest absolute Gasteiger partial charge is 0.491 e. The molecule has 2 rings (SSSR count). The number of carbonyl (C=O) groups is 1. The Bertz CT molecular complexity index is 751. The minimum Gasteiger partial charge on any atom is -0.491 e. The van der Waals surface area contributed by atoms with Gasteiger partial charge in [-0.05, 0) is 37.3 Å². The number of anilines is 2. The number of hydrogen-bond donors (Lipinski definition) is 2. The van der Waals surface area contributed by atoms with Gasteiger partial charge in [0.15, 0.2) is 0 Å². The first-order valence-electron chi connectivity index (χ1n) is 8.40. The van der Waals surface area contributed by atoms with Crippen LogP contribution in [0.1, 0.15) is 12.5 Å². The molecule has 27 heavy (non-hydrogen) atoms. The predicted molar refractivity (Wildman–Crippen MR) is 97.0 cm³/mol. The molecule has 2 N–H and O–H groups in total. The van der Waals surface area contributed by atoms with Gasteiger partial charge in [-0.3, -0.25) is 4.79 Å². The van der Waals surface area contributed by atoms with E-state index in [1.165, 1.54) is 12.1 Å². The number of ether oxygens (including phenoxy) is 2. The monoisotopic (exact) mass is 382 g/mol. The van der Waals surface area contributed by atoms with Crippen LogP contribution < -0.4 is 15.4 Å². The molecule has 0 aliphatic heterocycles. The van der Waals surface area contributed by atoms with E-state index in [0.717, 1.165) is 12.1 Å². The van der Waals surface area contributed by atoms with Gasteiger partial charge in [0.25, 0.3) is 0 Å². The average molecular weight is 382 g/mol. The fourth-order valence-electron chi connectivity index (χ4n) is 2.22. The molecule has 0 fully saturated rings. The minimum absolute atomic E-state index is 0.170. The lowest BCUT2D eigenvalue weighted by Crippen LogP contribution is -2.22. The van der Waals surface area contributed by atoms with Crippen LogP contribution in [0.4, 0.5) is 24.5 Å². The van der Waals surface area contributed by atoms with E-state index < -0.39 is 11.7 Å². The molecule has 5 nitrogen and oxygen atoms in total. The average Bonchev–Trinajstić information content (AvgIpc) is 2.63. The van der Waals surface area contributed by atoms with Crippen LogP contribution in [0.25, 0.3) is 0 Å². The fourth-order valence-corrected chi connectivity index (χ4v) is 2.22. The smallest absolute Gasteiger partial charge is 0.416 e. The van der Waals surface area contributed by atoms with Gasteiger partial charge >= 0.3 is 6.18 Å². The van der Waals surface area contributed by atoms with Gasteiger partial charge in [0, 0.05) is 24.0 Å². The van der Waals surface area contributed by atoms with E-state index >= 15 is 0 Å². The highest BCUT2D eigenvalue weighted by molar-refractivity contribution is 5.93. The minimum atomic E-state index is -4.43. The van der Waals surface area contributed by atoms with Crippen LogP contribution >= 0.6 is 0 Å². The number of amides is 1. The van der Waals surface area contributed by atoms with Gasteiger partial charge in [0.2, 0.25) is 5.91 Å². The lowest BCUT2D eigenvalue weighted by Gasteiger charge is -2.11. The van der Waals surface area contributed by atoms with Crippen LogP contribution in [0, 0.1) is 0 Å². The normalized spacial score (nSPS) is 11.1. The lowest BCUT2D eigenvalue weighted by atomic mass is 10.2. The highest BCUT2D eigenvalue weighted by atomic mass is 19.4. The first kappa shape index (κ1) is 20.6. The number of benzene rings is 2. The van der Waals surface area contributed by atoms with Crippen LogP contribution in [0.5, 0.6) is 5.75 Å². The van der Waals surface area contributed by atoms with Crippen molar-refractivity contribution in [2.24, 2.45) is 0 Å². The Kier molecular flexibility index (Phi) is 7.48. The third-order valence-electron chi connectivity index (χ3n) is 3.46. The second-order valence-corrected chi connectivity index (χ2v) is 5.55. The van der Waals surface area contributed by atoms with Gasteiger partial charge in [-0.2, -0.15) is 13.2 Å². The topological polar surface area (TPSA) is 59.6 Å². The maximum atomic E-state index is 12.7. The number of hydrogen-bond acceptors (Lipinski definition) is 4. The van der Waals surface area contributed by atoms with Gasteiger partial charge in [-0.1, -0.05) is 12.1 Å². The summed E-state index contributed by atoms with van der Waals surface area (Å²) in [4.78, 5) is 12.0. The summed E-state index contributed by atoms with van der Waals surface area (Å²) in [6.07, 6.45) is -4.43. The lowest BCUT2D eigenvalue weighted by molar-refractivity contribution is -0.137. The molecule has 0 bridgehead atoms. The number of carbonyl (C=O) groups excluding carboxylic acids is 1. The Balaban J connectivity index is 1.85. The SMILES string of the molecule is CCOCCOc1cccc(NC(=O)CNc2cccc(C(F)(F)F)c2)c1. The van der Waals surface area contributed by atoms with Crippen molar-refractivity contribution in [1.29, 1.82) is 0 Å². The summed E-state index contributed by atoms with van der Waals surface area (Å²) in [5, 5.41) is 5.34. The summed E-state index contributed by atoms with van der Waals surface area (Å²) in [6, 6.07) is 11.5. The number of halogens is 3. The molecule has 0 atom stereocenters. The van der Waals surface area contributed by atoms with Gasteiger partial charge in [-0.15, -0.1) is 0 Å². The van der Waals surface area contributed by atoms with Crippen LogP contribution in [0.2, 0.25) is 0 Å². The summed E-state index contributed by atoms with van der Waals surface area (Å²) in [5.74, 6) is 0.192. The molecular formula is C19H21F3N2O3. The van der Waals surface area contributed by atoms with Crippen molar-refractivity contribution in [2.45, 2.75) is 13.1 Å². The van der Waals surface area contributed by atoms with Crippen molar-refractivity contribution in [1.82, 2.24) is 0 Å². The van der Waals surface area contributed by atoms with Crippen molar-refractivity contribution in [3.63, 3.8) is 0 Å². The molecule has 8 heteroatoms. The molecule has 0 heterocycles. The van der Waals surface area contributed by atoms with Crippen molar-refractivity contribution < 1.29 is 27.4 Å². The van der Waals surface area contributed by atoms with Crippen LogP contribution in [-0.2, 0) is 15.7 Å². The zero-order valence-corrected chi connectivity index (χ0v) is 14.8. The van der Waals surface area contributed by atoms with E-state index in [-0.39, 0.29) is 18.1 Å². The molecule has 0 saturated carbocycles. The maximum absolute atomic E-state index is 12.7. The summed E-state index contributed by atoms with van der Waals surface area (Å²) < 4.78 is 48.8. The Morgan fingerprint density at radius 3 is 2.52 bits per heavy atom. The quantitative estimate of drug-likeness (QED) is 0.639. The summed E-state index contributed by atoms with van der Waals surface area (Å²) in [7, 11) is 0. The predicted octanol–water partition coefficient (Wildman–Crippen LogP) is 4.17. The van der Waals surface area contributed by atoms with Crippen molar-refractivity contribution in [3.8, 4) is 5.75 Å². The van der Waals surface area contributed by atoms with Crippen molar-refractivity contribution in [3.05, 3.63) is 54.1 Å². The van der Waals surface area contributed by atoms with E-state index in [1.807, 2.05) is 6.92 Å². The molecule has 0 aromatic heterocycles. The summed E-state index contributed by atoms with van der Waals surface area (Å²) in [5.41, 5.74) is -0.0300. The molecule has 2 aromatic rings. The molecule has 0 unspecified atom stereocenters. The summed E-state index contributed by atoms with van der Waals surface area (Å²) in [6.45, 7) is 3.19. The Hall–Kier alpha value is -2.74. The van der Waals surface area contributed by atoms with E-state index in [2.05, 4.69) is 10.6 Å². The number of nitrogens with one attached hydrogen (secondary N) is 2. The molecule has 2 aromatic carbocycles. The van der Waals surface area contributed by atoms with Gasteiger partial charge in [-0.25, -0.2) is 0 Å². The molecule has 146 valence electrons. The van der Waals surface area contributed by atoms with Crippen molar-refractivity contribution in [2.75, 3.05) is 37.0 Å². The molecule has 0 aliphatic rings. The molecule has 0 saturated heterocycles. The molecule has 0 aliphatic carbocycles. The standard InChI is InChI=1S/C19H21F3N2O3/c1-2-26-9-10-27-17-8-4-7-16(12-17)24-18(25)13-23-15-6-3-5-14(11-15)19(20,21)22/h3-8,11-12,23H,2,9-10,13H2,1H3,(H,24,25). The maximum Gasteiger partial charge on any atom is 0.416 e. The summed E-state index contributed by atoms with van der Waals surface area (Å²) >= 11 is 0. The van der Waals surface area contributed by atoms with Gasteiger partial charge in [0.1, 0.15) is 12.4 Å². The van der Waals surface area contributed by atoms with E-state index in [1.54, 1.807) is 24.3 Å². The Morgan fingerprint density at radius 1 is 1.04 bits per heavy atom. The van der Waals surface area contributed by atoms with Crippen LogP contribution in [0.3, 0.4) is 0 Å². The van der Waals surface area contributed by atoms with E-state index in [9.17, 15) is 18.0 Å². The second kappa shape index (κ2) is 9.82. The number of rotatable bonds is 9. The third-order valence-corrected chi connectivity index (χ3v) is 3.46. The Labute approximate surface area is 155 Å². The molecule has 0 radical (unpaired) electrons. The van der Waals surface area contributed by atoms with Gasteiger partial charge < -0.3 is 20.1 Å². The first-order chi connectivity index (χ1) is 12.9. The fraction of sp³-hybridized carbons (Fsp3) is 0.316. The third kappa shape index (κ3) is 7.18. The Morgan fingerprint density at radius 2 is 1.78 bits per heavy atom. The van der Waals surface area contributed by atoms with Crippen LogP contribution in [0.15, 0.2) is 48.5 Å². The number of alkyl halides is 3. The first-order valence-corrected chi connectivity index (χ1v) is 8.40. The highest BCUT2D eigenvalue weighted by Gasteiger charge is 2.30. The van der Waals surface area contributed by atoms with Gasteiger partial charge in [0.05, 0.1) is 18.7 Å².